The van der Waals surface area contributed by atoms with Crippen molar-refractivity contribution in [3.05, 3.63) is 11.1 Å². The smallest absolute Gasteiger partial charge is 0.173 e. The topological polar surface area (TPSA) is 46.2 Å². The van der Waals surface area contributed by atoms with E-state index in [9.17, 15) is 8.42 Å². The van der Waals surface area contributed by atoms with Gasteiger partial charge < -0.3 is 5.32 Å². The highest BCUT2D eigenvalue weighted by molar-refractivity contribution is 7.94. The fourth-order valence-corrected chi connectivity index (χ4v) is 3.70. The highest BCUT2D eigenvalue weighted by atomic mass is 32.2. The Balaban J connectivity index is 1.96. The summed E-state index contributed by atoms with van der Waals surface area (Å²) < 4.78 is 22.8. The lowest BCUT2D eigenvalue weighted by Gasteiger charge is -2.26. The molecule has 15 heavy (non-hydrogen) atoms. The van der Waals surface area contributed by atoms with Crippen molar-refractivity contribution in [2.45, 2.75) is 51.0 Å². The van der Waals surface area contributed by atoms with Gasteiger partial charge in [-0.25, -0.2) is 8.42 Å². The minimum atomic E-state index is -2.91. The number of nitrogens with one attached hydrogen (secondary N) is 1. The van der Waals surface area contributed by atoms with Crippen LogP contribution < -0.4 is 5.32 Å². The Morgan fingerprint density at radius 2 is 1.87 bits per heavy atom. The van der Waals surface area contributed by atoms with Gasteiger partial charge in [0.2, 0.25) is 0 Å². The molecule has 1 heterocycles. The molecule has 3 nitrogen and oxygen atoms in total. The Morgan fingerprint density at radius 1 is 1.13 bits per heavy atom. The van der Waals surface area contributed by atoms with Crippen molar-refractivity contribution < 1.29 is 8.42 Å². The van der Waals surface area contributed by atoms with E-state index in [-0.39, 0.29) is 0 Å². The molecule has 1 fully saturated rings. The average molecular weight is 229 g/mol. The van der Waals surface area contributed by atoms with Gasteiger partial charge in [0.25, 0.3) is 0 Å². The maximum absolute atomic E-state index is 11.4. The molecular formula is C11H19NO2S. The first-order chi connectivity index (χ1) is 7.16. The summed E-state index contributed by atoms with van der Waals surface area (Å²) in [5, 5.41) is 4.84. The zero-order valence-corrected chi connectivity index (χ0v) is 9.85. The van der Waals surface area contributed by atoms with Gasteiger partial charge in [-0.1, -0.05) is 19.3 Å². The van der Waals surface area contributed by atoms with Crippen LogP contribution in [0, 0.1) is 0 Å². The molecular weight excluding hydrogens is 210 g/mol. The zero-order chi connectivity index (χ0) is 10.7. The van der Waals surface area contributed by atoms with Gasteiger partial charge in [0.05, 0.1) is 5.75 Å². The number of hydrogen-bond donors (Lipinski definition) is 1. The quantitative estimate of drug-likeness (QED) is 0.787. The van der Waals surface area contributed by atoms with E-state index in [4.69, 9.17) is 0 Å². The molecule has 0 bridgehead atoms. The van der Waals surface area contributed by atoms with Crippen molar-refractivity contribution in [2.24, 2.45) is 0 Å². The highest BCUT2D eigenvalue weighted by Crippen LogP contribution is 2.21. The van der Waals surface area contributed by atoms with Gasteiger partial charge in [-0.05, 0) is 25.7 Å². The summed E-state index contributed by atoms with van der Waals surface area (Å²) >= 11 is 0. The Bertz CT molecular complexity index is 340. The monoisotopic (exact) mass is 229 g/mol. The van der Waals surface area contributed by atoms with Crippen LogP contribution in [0.15, 0.2) is 11.1 Å². The summed E-state index contributed by atoms with van der Waals surface area (Å²) in [5.41, 5.74) is 0.938. The predicted octanol–water partition coefficient (Wildman–Crippen LogP) is 1.96. The van der Waals surface area contributed by atoms with Crippen LogP contribution in [-0.2, 0) is 9.84 Å². The van der Waals surface area contributed by atoms with E-state index in [1.807, 2.05) is 0 Å². The molecule has 1 saturated carbocycles. The minimum Gasteiger partial charge on any atom is -0.385 e. The second-order valence-electron chi connectivity index (χ2n) is 4.59. The molecule has 0 unspecified atom stereocenters. The molecule has 2 rings (SSSR count). The Kier molecular flexibility index (Phi) is 3.34. The van der Waals surface area contributed by atoms with Crippen LogP contribution in [0.5, 0.6) is 0 Å². The van der Waals surface area contributed by atoms with Crippen LogP contribution >= 0.6 is 0 Å². The number of allylic oxidation sites excluding steroid dienone is 1. The maximum Gasteiger partial charge on any atom is 0.173 e. The second-order valence-corrected chi connectivity index (χ2v) is 6.56. The molecule has 86 valence electrons. The normalized spacial score (nSPS) is 27.1. The van der Waals surface area contributed by atoms with Crippen LogP contribution in [0.2, 0.25) is 0 Å². The number of sulfone groups is 1. The van der Waals surface area contributed by atoms with Gasteiger partial charge in [-0.2, -0.15) is 0 Å². The lowest BCUT2D eigenvalue weighted by Crippen LogP contribution is -2.32. The van der Waals surface area contributed by atoms with Crippen LogP contribution in [0.25, 0.3) is 0 Å². The van der Waals surface area contributed by atoms with E-state index in [0.717, 1.165) is 18.5 Å². The molecule has 0 aromatic rings. The van der Waals surface area contributed by atoms with E-state index in [0.29, 0.717) is 11.8 Å². The maximum atomic E-state index is 11.4. The van der Waals surface area contributed by atoms with E-state index in [1.54, 1.807) is 0 Å². The van der Waals surface area contributed by atoms with Gasteiger partial charge in [0, 0.05) is 17.1 Å². The summed E-state index contributed by atoms with van der Waals surface area (Å²) in [4.78, 5) is 0. The third kappa shape index (κ3) is 3.23. The van der Waals surface area contributed by atoms with Crippen LogP contribution in [0.1, 0.15) is 44.9 Å². The van der Waals surface area contributed by atoms with Crippen molar-refractivity contribution in [1.82, 2.24) is 5.32 Å². The molecule has 2 aliphatic rings. The predicted molar refractivity (Wildman–Crippen MR) is 61.1 cm³/mol. The zero-order valence-electron chi connectivity index (χ0n) is 9.04. The van der Waals surface area contributed by atoms with Crippen molar-refractivity contribution in [3.8, 4) is 0 Å². The molecule has 1 aliphatic carbocycles. The van der Waals surface area contributed by atoms with E-state index in [1.165, 1.54) is 37.5 Å². The summed E-state index contributed by atoms with van der Waals surface area (Å²) in [5.74, 6) is 0.322. The first kappa shape index (κ1) is 11.0. The number of rotatable bonds is 2. The Morgan fingerprint density at radius 3 is 2.53 bits per heavy atom. The first-order valence-corrected chi connectivity index (χ1v) is 7.57. The molecule has 1 aliphatic heterocycles. The third-order valence-electron chi connectivity index (χ3n) is 3.19. The third-order valence-corrected chi connectivity index (χ3v) is 4.69. The molecule has 4 heteroatoms. The van der Waals surface area contributed by atoms with Crippen molar-refractivity contribution in [2.75, 3.05) is 5.75 Å². The van der Waals surface area contributed by atoms with Gasteiger partial charge >= 0.3 is 0 Å². The molecule has 1 N–H and O–H groups in total. The minimum absolute atomic E-state index is 0.322. The summed E-state index contributed by atoms with van der Waals surface area (Å²) in [6, 6.07) is 0.512. The van der Waals surface area contributed by atoms with E-state index >= 15 is 0 Å². The second kappa shape index (κ2) is 4.56. The van der Waals surface area contributed by atoms with Crippen LogP contribution in [0.3, 0.4) is 0 Å². The van der Waals surface area contributed by atoms with Gasteiger partial charge in [0.15, 0.2) is 9.84 Å². The highest BCUT2D eigenvalue weighted by Gasteiger charge is 2.19. The van der Waals surface area contributed by atoms with E-state index < -0.39 is 9.84 Å². The number of hydrogen-bond acceptors (Lipinski definition) is 3. The fourth-order valence-electron chi connectivity index (χ4n) is 2.41. The standard InChI is InChI=1S/C11H19NO2S/c13-15(14)8-4-7-11(9-15)12-10-5-2-1-3-6-10/h9-10,12H,1-8H2. The SMILES string of the molecule is O=S1(=O)C=C(NC2CCCCC2)CCC1. The van der Waals surface area contributed by atoms with Crippen LogP contribution in [0.4, 0.5) is 0 Å². The molecule has 0 atom stereocenters. The molecule has 0 radical (unpaired) electrons. The first-order valence-electron chi connectivity index (χ1n) is 5.86. The lowest BCUT2D eigenvalue weighted by molar-refractivity contribution is 0.392. The molecule has 0 saturated heterocycles. The fraction of sp³-hybridized carbons (Fsp3) is 0.818. The van der Waals surface area contributed by atoms with Crippen molar-refractivity contribution >= 4 is 9.84 Å². The van der Waals surface area contributed by atoms with Gasteiger partial charge in [-0.3, -0.25) is 0 Å². The molecule has 0 amide bonds. The molecule has 0 aromatic carbocycles. The Labute approximate surface area is 91.9 Å². The Hall–Kier alpha value is -0.510. The summed E-state index contributed by atoms with van der Waals surface area (Å²) in [7, 11) is -2.91. The summed E-state index contributed by atoms with van der Waals surface area (Å²) in [6.45, 7) is 0. The average Bonchev–Trinajstić information content (AvgIpc) is 2.17. The van der Waals surface area contributed by atoms with Gasteiger partial charge in [-0.15, -0.1) is 0 Å². The van der Waals surface area contributed by atoms with Crippen molar-refractivity contribution in [3.63, 3.8) is 0 Å². The largest absolute Gasteiger partial charge is 0.385 e. The molecule has 0 aromatic heterocycles. The lowest BCUT2D eigenvalue weighted by atomic mass is 9.95. The van der Waals surface area contributed by atoms with Crippen LogP contribution in [-0.4, -0.2) is 20.2 Å². The summed E-state index contributed by atoms with van der Waals surface area (Å²) in [6.07, 6.45) is 7.93. The van der Waals surface area contributed by atoms with Crippen molar-refractivity contribution in [1.29, 1.82) is 0 Å². The molecule has 0 spiro atoms. The van der Waals surface area contributed by atoms with E-state index in [2.05, 4.69) is 5.32 Å². The van der Waals surface area contributed by atoms with Gasteiger partial charge in [0.1, 0.15) is 0 Å².